The highest BCUT2D eigenvalue weighted by Crippen LogP contribution is 2.27. The van der Waals surface area contributed by atoms with Crippen molar-refractivity contribution >= 4 is 48.1 Å². The van der Waals surface area contributed by atoms with Gasteiger partial charge in [0.25, 0.3) is 0 Å². The van der Waals surface area contributed by atoms with E-state index in [1.54, 1.807) is 0 Å². The molecular weight excluding hydrogens is 316 g/mol. The number of alkyl halides is 2. The summed E-state index contributed by atoms with van der Waals surface area (Å²) in [7, 11) is 1.05. The lowest BCUT2D eigenvalue weighted by atomic mass is 10.3. The zero-order valence-corrected chi connectivity index (χ0v) is 12.9. The lowest BCUT2D eigenvalue weighted by Crippen LogP contribution is -2.10. The Balaban J connectivity index is 3.27. The first kappa shape index (κ1) is 13.4. The van der Waals surface area contributed by atoms with Gasteiger partial charge in [-0.25, -0.2) is 4.79 Å². The molecule has 0 fully saturated rings. The number of hydrogen-bond donors (Lipinski definition) is 0. The van der Waals surface area contributed by atoms with E-state index < -0.39 is 0 Å². The SMILES string of the molecule is C=CC(=O)OCCCCC([SiH3])(Br)Br. The van der Waals surface area contributed by atoms with Crippen LogP contribution in [0.25, 0.3) is 0 Å². The van der Waals surface area contributed by atoms with Crippen molar-refractivity contribution in [3.63, 3.8) is 0 Å². The van der Waals surface area contributed by atoms with Gasteiger partial charge < -0.3 is 4.74 Å². The second-order valence-electron chi connectivity index (χ2n) is 2.90. The van der Waals surface area contributed by atoms with E-state index in [0.717, 1.165) is 29.5 Å². The molecule has 0 aromatic carbocycles. The molecule has 76 valence electrons. The molecule has 0 aliphatic carbocycles. The van der Waals surface area contributed by atoms with Gasteiger partial charge in [-0.05, 0) is 19.3 Å². The maximum Gasteiger partial charge on any atom is 0.330 e. The minimum absolute atomic E-state index is 0.141. The average Bonchev–Trinajstić information content (AvgIpc) is 2.01. The molecule has 0 aliphatic rings. The van der Waals surface area contributed by atoms with E-state index in [4.69, 9.17) is 4.74 Å². The van der Waals surface area contributed by atoms with Gasteiger partial charge in [0.15, 0.2) is 0 Å². The van der Waals surface area contributed by atoms with Crippen LogP contribution >= 0.6 is 31.9 Å². The summed E-state index contributed by atoms with van der Waals surface area (Å²) in [6.45, 7) is 3.80. The largest absolute Gasteiger partial charge is 0.463 e. The molecule has 0 saturated carbocycles. The van der Waals surface area contributed by atoms with Gasteiger partial charge in [0.1, 0.15) is 0 Å². The molecule has 0 N–H and O–H groups in total. The molecule has 2 nitrogen and oxygen atoms in total. The first-order chi connectivity index (χ1) is 5.95. The van der Waals surface area contributed by atoms with Gasteiger partial charge in [0, 0.05) is 16.3 Å². The highest BCUT2D eigenvalue weighted by atomic mass is 79.9. The number of unbranched alkanes of at least 4 members (excludes halogenated alkanes) is 1. The van der Waals surface area contributed by atoms with Crippen molar-refractivity contribution in [1.82, 2.24) is 0 Å². The molecule has 0 amide bonds. The Morgan fingerprint density at radius 2 is 2.15 bits per heavy atom. The first-order valence-corrected chi connectivity index (χ1v) is 6.71. The third kappa shape index (κ3) is 10.3. The third-order valence-corrected chi connectivity index (χ3v) is 2.71. The van der Waals surface area contributed by atoms with Crippen molar-refractivity contribution in [1.29, 1.82) is 0 Å². The van der Waals surface area contributed by atoms with E-state index in [0.29, 0.717) is 6.61 Å². The van der Waals surface area contributed by atoms with Crippen molar-refractivity contribution in [2.24, 2.45) is 0 Å². The maximum atomic E-state index is 10.6. The van der Waals surface area contributed by atoms with Crippen molar-refractivity contribution in [2.75, 3.05) is 6.61 Å². The molecule has 0 radical (unpaired) electrons. The van der Waals surface area contributed by atoms with Crippen LogP contribution in [0.15, 0.2) is 12.7 Å². The molecule has 5 heteroatoms. The Bertz CT molecular complexity index is 177. The molecule has 0 saturated heterocycles. The van der Waals surface area contributed by atoms with Gasteiger partial charge in [-0.3, -0.25) is 0 Å². The normalized spacial score (nSPS) is 11.2. The standard InChI is InChI=1S/C8H14Br2O2Si/c1-2-7(11)12-6-4-3-5-8(9,10)13/h2H,1,3-6H2,13H3. The number of carbonyl (C=O) groups is 1. The molecule has 13 heavy (non-hydrogen) atoms. The molecule has 0 rings (SSSR count). The summed E-state index contributed by atoms with van der Waals surface area (Å²) in [5.41, 5.74) is 0. The van der Waals surface area contributed by atoms with Crippen LogP contribution < -0.4 is 0 Å². The zero-order valence-electron chi connectivity index (χ0n) is 7.69. The summed E-state index contributed by atoms with van der Waals surface area (Å²) < 4.78 is 4.97. The predicted molar refractivity (Wildman–Crippen MR) is 65.5 cm³/mol. The molecular formula is C8H14Br2O2Si. The molecule has 0 bridgehead atoms. The van der Waals surface area contributed by atoms with Gasteiger partial charge in [-0.15, -0.1) is 0 Å². The Morgan fingerprint density at radius 3 is 2.62 bits per heavy atom. The van der Waals surface area contributed by atoms with E-state index in [1.165, 1.54) is 6.08 Å². The van der Waals surface area contributed by atoms with Gasteiger partial charge in [-0.2, -0.15) is 0 Å². The monoisotopic (exact) mass is 328 g/mol. The van der Waals surface area contributed by atoms with Crippen LogP contribution in [0.3, 0.4) is 0 Å². The Kier molecular flexibility index (Phi) is 6.99. The molecule has 0 unspecified atom stereocenters. The summed E-state index contributed by atoms with van der Waals surface area (Å²) >= 11 is 7.06. The summed E-state index contributed by atoms with van der Waals surface area (Å²) in [5, 5.41) is 0. The lowest BCUT2D eigenvalue weighted by Gasteiger charge is -2.12. The summed E-state index contributed by atoms with van der Waals surface area (Å²) in [5.74, 6) is -0.338. The molecule has 0 aromatic heterocycles. The number of ether oxygens (including phenoxy) is 1. The van der Waals surface area contributed by atoms with Crippen molar-refractivity contribution in [3.05, 3.63) is 12.7 Å². The number of rotatable bonds is 6. The molecule has 0 aromatic rings. The van der Waals surface area contributed by atoms with E-state index in [-0.39, 0.29) is 8.83 Å². The smallest absolute Gasteiger partial charge is 0.330 e. The summed E-state index contributed by atoms with van der Waals surface area (Å²) in [6.07, 6.45) is 4.20. The van der Waals surface area contributed by atoms with E-state index in [9.17, 15) is 4.79 Å². The average molecular weight is 330 g/mol. The quantitative estimate of drug-likeness (QED) is 0.244. The number of carbonyl (C=O) groups excluding carboxylic acids is 1. The van der Waals surface area contributed by atoms with Gasteiger partial charge in [0.2, 0.25) is 0 Å². The van der Waals surface area contributed by atoms with Gasteiger partial charge >= 0.3 is 5.97 Å². The highest BCUT2D eigenvalue weighted by Gasteiger charge is 2.13. The van der Waals surface area contributed by atoms with Crippen molar-refractivity contribution in [3.8, 4) is 0 Å². The fourth-order valence-corrected chi connectivity index (χ4v) is 1.68. The predicted octanol–water partition coefficient (Wildman–Crippen LogP) is 1.69. The minimum atomic E-state index is -0.338. The summed E-state index contributed by atoms with van der Waals surface area (Å²) in [6, 6.07) is 0. The van der Waals surface area contributed by atoms with Crippen LogP contribution in [0.4, 0.5) is 0 Å². The lowest BCUT2D eigenvalue weighted by molar-refractivity contribution is -0.137. The van der Waals surface area contributed by atoms with E-state index in [2.05, 4.69) is 38.4 Å². The van der Waals surface area contributed by atoms with Crippen molar-refractivity contribution < 1.29 is 9.53 Å². The first-order valence-electron chi connectivity index (χ1n) is 4.13. The number of halogens is 2. The number of hydrogen-bond acceptors (Lipinski definition) is 2. The summed E-state index contributed by atoms with van der Waals surface area (Å²) in [4.78, 5) is 10.6. The molecule has 0 heterocycles. The second-order valence-corrected chi connectivity index (χ2v) is 12.1. The Hall–Kier alpha value is 0.387. The maximum absolute atomic E-state index is 10.6. The highest BCUT2D eigenvalue weighted by molar-refractivity contribution is 9.26. The van der Waals surface area contributed by atoms with Gasteiger partial charge in [-0.1, -0.05) is 38.4 Å². The molecule has 0 spiro atoms. The molecule has 0 aliphatic heterocycles. The van der Waals surface area contributed by atoms with Crippen LogP contribution in [-0.4, -0.2) is 25.7 Å². The Morgan fingerprint density at radius 1 is 1.54 bits per heavy atom. The fourth-order valence-electron chi connectivity index (χ4n) is 0.769. The van der Waals surface area contributed by atoms with Crippen LogP contribution in [0.2, 0.25) is 0 Å². The minimum Gasteiger partial charge on any atom is -0.463 e. The Labute approximate surface area is 98.8 Å². The van der Waals surface area contributed by atoms with Crippen LogP contribution in [-0.2, 0) is 9.53 Å². The van der Waals surface area contributed by atoms with Crippen LogP contribution in [0, 0.1) is 0 Å². The third-order valence-electron chi connectivity index (χ3n) is 1.42. The number of esters is 1. The van der Waals surface area contributed by atoms with Crippen LogP contribution in [0.5, 0.6) is 0 Å². The van der Waals surface area contributed by atoms with Crippen LogP contribution in [0.1, 0.15) is 19.3 Å². The second kappa shape index (κ2) is 6.78. The van der Waals surface area contributed by atoms with E-state index >= 15 is 0 Å². The van der Waals surface area contributed by atoms with Gasteiger partial charge in [0.05, 0.1) is 9.46 Å². The zero-order chi connectivity index (χ0) is 10.3. The molecule has 0 atom stereocenters. The topological polar surface area (TPSA) is 26.3 Å². The fraction of sp³-hybridized carbons (Fsp3) is 0.625. The van der Waals surface area contributed by atoms with Crippen molar-refractivity contribution in [2.45, 2.75) is 22.1 Å². The van der Waals surface area contributed by atoms with E-state index in [1.807, 2.05) is 0 Å².